The highest BCUT2D eigenvalue weighted by Gasteiger charge is 2.45. The second-order valence-corrected chi connectivity index (χ2v) is 13.6. The molecule has 35 heavy (non-hydrogen) atoms. The van der Waals surface area contributed by atoms with Crippen LogP contribution in [0, 0.1) is 5.92 Å². The second-order valence-electron chi connectivity index (χ2n) is 10.0. The van der Waals surface area contributed by atoms with E-state index in [0.29, 0.717) is 24.4 Å². The Morgan fingerprint density at radius 3 is 2.43 bits per heavy atom. The fourth-order valence-corrected chi connectivity index (χ4v) is 7.20. The maximum absolute atomic E-state index is 13.3. The molecule has 1 saturated carbocycles. The highest BCUT2D eigenvalue weighted by molar-refractivity contribution is 7.90. The molecule has 2 aromatic rings. The summed E-state index contributed by atoms with van der Waals surface area (Å²) in [6, 6.07) is 3.15. The molecule has 4 rings (SSSR count). The molecule has 6 nitrogen and oxygen atoms in total. The molecule has 2 heterocycles. The highest BCUT2D eigenvalue weighted by Crippen LogP contribution is 2.35. The molecule has 0 radical (unpaired) electrons. The number of hydrogen-bond acceptors (Lipinski definition) is 5. The van der Waals surface area contributed by atoms with Crippen molar-refractivity contribution in [3.8, 4) is 5.75 Å². The minimum atomic E-state index is -4.52. The first-order valence-corrected chi connectivity index (χ1v) is 14.0. The first-order valence-electron chi connectivity index (χ1n) is 11.2. The standard InChI is InChI=1S/C23H28F3N3O3S3/c1-22(2,3)19-13-28(10-14-11-29(12-14)35(30,31)16-6-7-16)21(34-19)27-20(33)17-9-15(23(24,25)26)5-8-18(17)32-4/h5,8-9,13-14,16H,6-7,10-12H2,1-4H3. The van der Waals surface area contributed by atoms with Crippen LogP contribution in [0.15, 0.2) is 29.4 Å². The summed E-state index contributed by atoms with van der Waals surface area (Å²) < 4.78 is 73.4. The smallest absolute Gasteiger partial charge is 0.416 e. The molecule has 1 saturated heterocycles. The molecule has 0 spiro atoms. The Balaban J connectivity index is 1.64. The topological polar surface area (TPSA) is 63.9 Å². The Morgan fingerprint density at radius 2 is 1.89 bits per heavy atom. The van der Waals surface area contributed by atoms with Crippen LogP contribution in [0.2, 0.25) is 0 Å². The number of benzene rings is 1. The summed E-state index contributed by atoms with van der Waals surface area (Å²) in [4.78, 5) is 6.14. The predicted octanol–water partition coefficient (Wildman–Crippen LogP) is 4.57. The molecular formula is C23H28F3N3O3S3. The van der Waals surface area contributed by atoms with Crippen LogP contribution in [0.3, 0.4) is 0 Å². The molecule has 0 unspecified atom stereocenters. The molecule has 0 N–H and O–H groups in total. The van der Waals surface area contributed by atoms with Crippen molar-refractivity contribution < 1.29 is 26.3 Å². The summed E-state index contributed by atoms with van der Waals surface area (Å²) in [5, 5.41) is -0.227. The van der Waals surface area contributed by atoms with Gasteiger partial charge in [0, 0.05) is 36.6 Å². The molecule has 192 valence electrons. The quantitative estimate of drug-likeness (QED) is 0.497. The fourth-order valence-electron chi connectivity index (χ4n) is 3.84. The van der Waals surface area contributed by atoms with E-state index < -0.39 is 21.8 Å². The van der Waals surface area contributed by atoms with Crippen molar-refractivity contribution >= 4 is 38.6 Å². The zero-order chi connectivity index (χ0) is 25.8. The van der Waals surface area contributed by atoms with E-state index in [2.05, 4.69) is 25.8 Å². The molecule has 2 fully saturated rings. The van der Waals surface area contributed by atoms with Gasteiger partial charge in [0.25, 0.3) is 0 Å². The van der Waals surface area contributed by atoms with Crippen LogP contribution in [-0.4, -0.2) is 47.7 Å². The van der Waals surface area contributed by atoms with E-state index in [-0.39, 0.29) is 32.9 Å². The zero-order valence-electron chi connectivity index (χ0n) is 19.9. The van der Waals surface area contributed by atoms with Crippen LogP contribution in [0.1, 0.15) is 49.6 Å². The van der Waals surface area contributed by atoms with E-state index in [4.69, 9.17) is 17.0 Å². The number of halogens is 3. The molecule has 1 aliphatic heterocycles. The molecule has 0 amide bonds. The lowest BCUT2D eigenvalue weighted by Gasteiger charge is -2.38. The van der Waals surface area contributed by atoms with Crippen LogP contribution in [-0.2, 0) is 28.2 Å². The zero-order valence-corrected chi connectivity index (χ0v) is 22.4. The van der Waals surface area contributed by atoms with Gasteiger partial charge in [-0.2, -0.15) is 13.2 Å². The Kier molecular flexibility index (Phi) is 6.97. The maximum Gasteiger partial charge on any atom is 0.416 e. The van der Waals surface area contributed by atoms with Crippen molar-refractivity contribution in [1.82, 2.24) is 8.87 Å². The number of thiocarbonyl (C=S) groups is 1. The van der Waals surface area contributed by atoms with E-state index in [0.717, 1.165) is 29.9 Å². The Morgan fingerprint density at radius 1 is 1.23 bits per heavy atom. The largest absolute Gasteiger partial charge is 0.496 e. The van der Waals surface area contributed by atoms with E-state index in [1.807, 2.05) is 10.8 Å². The summed E-state index contributed by atoms with van der Waals surface area (Å²) in [7, 11) is -1.81. The highest BCUT2D eigenvalue weighted by atomic mass is 32.2. The van der Waals surface area contributed by atoms with Crippen molar-refractivity contribution in [3.63, 3.8) is 0 Å². The molecule has 1 aromatic carbocycles. The monoisotopic (exact) mass is 547 g/mol. The van der Waals surface area contributed by atoms with Crippen molar-refractivity contribution in [2.45, 2.75) is 57.0 Å². The van der Waals surface area contributed by atoms with Gasteiger partial charge in [-0.1, -0.05) is 33.0 Å². The maximum atomic E-state index is 13.3. The van der Waals surface area contributed by atoms with Gasteiger partial charge in [-0.15, -0.1) is 11.3 Å². The SMILES string of the molecule is COc1ccc(C(F)(F)F)cc1C(=S)N=c1sc(C(C)(C)C)cn1CC1CN(S(=O)(=O)C2CC2)C1. The summed E-state index contributed by atoms with van der Waals surface area (Å²) in [5.41, 5.74) is -0.900. The van der Waals surface area contributed by atoms with E-state index >= 15 is 0 Å². The first kappa shape index (κ1) is 26.3. The second kappa shape index (κ2) is 9.28. The van der Waals surface area contributed by atoms with Crippen molar-refractivity contribution in [1.29, 1.82) is 0 Å². The number of nitrogens with zero attached hydrogens (tertiary/aromatic N) is 3. The number of alkyl halides is 3. The van der Waals surface area contributed by atoms with Crippen LogP contribution < -0.4 is 9.54 Å². The van der Waals surface area contributed by atoms with Crippen LogP contribution in [0.5, 0.6) is 5.75 Å². The Labute approximate surface area is 212 Å². The first-order chi connectivity index (χ1) is 16.2. The van der Waals surface area contributed by atoms with Gasteiger partial charge >= 0.3 is 6.18 Å². The Hall–Kier alpha value is -1.76. The third-order valence-electron chi connectivity index (χ3n) is 6.10. The van der Waals surface area contributed by atoms with Crippen molar-refractivity contribution in [2.24, 2.45) is 10.9 Å². The number of thiazole rings is 1. The summed E-state index contributed by atoms with van der Waals surface area (Å²) in [5.74, 6) is 0.340. The number of aromatic nitrogens is 1. The van der Waals surface area contributed by atoms with Gasteiger partial charge in [0.05, 0.1) is 23.5 Å². The lowest BCUT2D eigenvalue weighted by atomic mass is 9.95. The molecule has 0 atom stereocenters. The van der Waals surface area contributed by atoms with Crippen LogP contribution in [0.4, 0.5) is 13.2 Å². The van der Waals surface area contributed by atoms with Gasteiger partial charge in [-0.3, -0.25) is 0 Å². The summed E-state index contributed by atoms with van der Waals surface area (Å²) in [6.07, 6.45) is -1.07. The van der Waals surface area contributed by atoms with E-state index in [1.54, 1.807) is 4.31 Å². The lowest BCUT2D eigenvalue weighted by molar-refractivity contribution is -0.137. The van der Waals surface area contributed by atoms with Crippen molar-refractivity contribution in [3.05, 3.63) is 45.2 Å². The predicted molar refractivity (Wildman–Crippen MR) is 133 cm³/mol. The molecule has 1 aromatic heterocycles. The average Bonchev–Trinajstić information content (AvgIpc) is 3.51. The summed E-state index contributed by atoms with van der Waals surface area (Å²) in [6.45, 7) is 7.65. The third-order valence-corrected chi connectivity index (χ3v) is 10.2. The third kappa shape index (κ3) is 5.65. The number of methoxy groups -OCH3 is 1. The number of ether oxygens (including phenoxy) is 1. The molecule has 12 heteroatoms. The van der Waals surface area contributed by atoms with Gasteiger partial charge in [0.1, 0.15) is 10.7 Å². The number of hydrogen-bond donors (Lipinski definition) is 0. The van der Waals surface area contributed by atoms with Gasteiger partial charge in [-0.05, 0) is 36.5 Å². The van der Waals surface area contributed by atoms with E-state index in [9.17, 15) is 21.6 Å². The molecule has 2 aliphatic rings. The Bertz CT molecular complexity index is 1300. The van der Waals surface area contributed by atoms with Gasteiger partial charge in [0.2, 0.25) is 10.0 Å². The summed E-state index contributed by atoms with van der Waals surface area (Å²) >= 11 is 6.88. The van der Waals surface area contributed by atoms with Gasteiger partial charge in [0.15, 0.2) is 4.80 Å². The molecule has 0 bridgehead atoms. The van der Waals surface area contributed by atoms with Crippen LogP contribution in [0.25, 0.3) is 0 Å². The van der Waals surface area contributed by atoms with Crippen LogP contribution >= 0.6 is 23.6 Å². The van der Waals surface area contributed by atoms with Gasteiger partial charge in [-0.25, -0.2) is 17.7 Å². The number of rotatable bonds is 6. The fraction of sp³-hybridized carbons (Fsp3) is 0.565. The van der Waals surface area contributed by atoms with E-state index in [1.165, 1.54) is 24.5 Å². The average molecular weight is 548 g/mol. The minimum absolute atomic E-state index is 0.00411. The minimum Gasteiger partial charge on any atom is -0.496 e. The van der Waals surface area contributed by atoms with Crippen molar-refractivity contribution in [2.75, 3.05) is 20.2 Å². The van der Waals surface area contributed by atoms with Gasteiger partial charge < -0.3 is 9.30 Å². The lowest BCUT2D eigenvalue weighted by Crippen LogP contribution is -2.52. The number of sulfonamides is 1. The molecular weight excluding hydrogens is 519 g/mol. The normalized spacial score (nSPS) is 18.5. The molecule has 1 aliphatic carbocycles.